The van der Waals surface area contributed by atoms with Crippen LogP contribution in [-0.2, 0) is 16.2 Å². The number of nitrogens with zero attached hydrogens (tertiary/aromatic N) is 2. The minimum atomic E-state index is -4.99. The summed E-state index contributed by atoms with van der Waals surface area (Å²) in [5.41, 5.74) is -2.57. The minimum absolute atomic E-state index is 0.00752. The molecule has 0 unspecified atom stereocenters. The van der Waals surface area contributed by atoms with Crippen LogP contribution in [0.1, 0.15) is 18.2 Å². The van der Waals surface area contributed by atoms with Crippen LogP contribution >= 0.6 is 0 Å². The Bertz CT molecular complexity index is 942. The number of benzene rings is 1. The van der Waals surface area contributed by atoms with Crippen LogP contribution in [0.3, 0.4) is 0 Å². The molecule has 23 heavy (non-hydrogen) atoms. The van der Waals surface area contributed by atoms with Crippen molar-refractivity contribution in [2.45, 2.75) is 13.1 Å². The van der Waals surface area contributed by atoms with Gasteiger partial charge >= 0.3 is 6.18 Å². The molecule has 0 bridgehead atoms. The molecule has 0 amide bonds. The molecule has 0 aliphatic heterocycles. The van der Waals surface area contributed by atoms with Gasteiger partial charge in [0.1, 0.15) is 5.56 Å². The lowest BCUT2D eigenvalue weighted by Crippen LogP contribution is -2.14. The van der Waals surface area contributed by atoms with Crippen LogP contribution in [0, 0.1) is 10.1 Å². The molecule has 0 aliphatic carbocycles. The number of rotatable bonds is 3. The zero-order valence-electron chi connectivity index (χ0n) is 12.0. The van der Waals surface area contributed by atoms with Crippen molar-refractivity contribution in [1.82, 2.24) is 3.97 Å². The van der Waals surface area contributed by atoms with Crippen molar-refractivity contribution in [3.05, 3.63) is 46.1 Å². The molecule has 0 atom stereocenters. The van der Waals surface area contributed by atoms with Crippen molar-refractivity contribution in [1.29, 1.82) is 0 Å². The van der Waals surface area contributed by atoms with Crippen LogP contribution in [0.5, 0.6) is 0 Å². The first-order valence-electron chi connectivity index (χ1n) is 6.11. The normalized spacial score (nSPS) is 12.6. The Morgan fingerprint density at radius 3 is 2.26 bits per heavy atom. The largest absolute Gasteiger partial charge is 0.423 e. The molecule has 0 saturated heterocycles. The van der Waals surface area contributed by atoms with Crippen molar-refractivity contribution >= 4 is 32.2 Å². The molecule has 124 valence electrons. The molecule has 10 heteroatoms. The van der Waals surface area contributed by atoms with Crippen LogP contribution < -0.4 is 0 Å². The average molecular weight is 348 g/mol. The Morgan fingerprint density at radius 2 is 1.87 bits per heavy atom. The predicted molar refractivity (Wildman–Crippen MR) is 78.5 cm³/mol. The maximum atomic E-state index is 13.0. The SMILES string of the molecule is C=C(C)c1cc2cc([N+](=O)[O-])c(C(F)(F)F)cc2n1S(C)(=O)=O. The van der Waals surface area contributed by atoms with Gasteiger partial charge in [0.05, 0.1) is 22.4 Å². The van der Waals surface area contributed by atoms with Gasteiger partial charge in [-0.2, -0.15) is 13.2 Å². The first-order valence-corrected chi connectivity index (χ1v) is 7.96. The summed E-state index contributed by atoms with van der Waals surface area (Å²) in [7, 11) is -3.94. The van der Waals surface area contributed by atoms with Gasteiger partial charge in [0.15, 0.2) is 0 Å². The molecule has 0 fully saturated rings. The lowest BCUT2D eigenvalue weighted by molar-refractivity contribution is -0.387. The first-order chi connectivity index (χ1) is 10.3. The Hall–Kier alpha value is -2.36. The van der Waals surface area contributed by atoms with Crippen LogP contribution in [0.25, 0.3) is 16.5 Å². The van der Waals surface area contributed by atoms with Crippen molar-refractivity contribution in [3.8, 4) is 0 Å². The van der Waals surface area contributed by atoms with Gasteiger partial charge < -0.3 is 0 Å². The molecule has 0 spiro atoms. The second-order valence-corrected chi connectivity index (χ2v) is 6.85. The third kappa shape index (κ3) is 2.93. The Kier molecular flexibility index (Phi) is 3.76. The highest BCUT2D eigenvalue weighted by Gasteiger charge is 2.39. The van der Waals surface area contributed by atoms with Crippen LogP contribution in [-0.4, -0.2) is 23.6 Å². The molecular formula is C13H11F3N2O4S. The zero-order valence-corrected chi connectivity index (χ0v) is 12.8. The van der Waals surface area contributed by atoms with E-state index in [0.717, 1.165) is 6.26 Å². The van der Waals surface area contributed by atoms with Crippen LogP contribution in [0.2, 0.25) is 0 Å². The van der Waals surface area contributed by atoms with E-state index in [4.69, 9.17) is 0 Å². The predicted octanol–water partition coefficient (Wildman–Crippen LogP) is 3.41. The fourth-order valence-corrected chi connectivity index (χ4v) is 3.33. The van der Waals surface area contributed by atoms with E-state index in [1.165, 1.54) is 13.0 Å². The first kappa shape index (κ1) is 17.0. The highest BCUT2D eigenvalue weighted by atomic mass is 32.2. The third-order valence-electron chi connectivity index (χ3n) is 3.15. The molecule has 0 aliphatic rings. The summed E-state index contributed by atoms with van der Waals surface area (Å²) in [6, 6.07) is 2.44. The van der Waals surface area contributed by atoms with E-state index in [1.807, 2.05) is 0 Å². The summed E-state index contributed by atoms with van der Waals surface area (Å²) in [4.78, 5) is 9.75. The Morgan fingerprint density at radius 1 is 1.30 bits per heavy atom. The molecule has 2 rings (SSSR count). The molecule has 2 aromatic rings. The Labute approximate surface area is 129 Å². The number of alkyl halides is 3. The van der Waals surface area contributed by atoms with Gasteiger partial charge in [-0.3, -0.25) is 10.1 Å². The number of fused-ring (bicyclic) bond motifs is 1. The van der Waals surface area contributed by atoms with Crippen molar-refractivity contribution in [3.63, 3.8) is 0 Å². The van der Waals surface area contributed by atoms with Crippen molar-refractivity contribution in [2.24, 2.45) is 0 Å². The van der Waals surface area contributed by atoms with E-state index >= 15 is 0 Å². The van der Waals surface area contributed by atoms with E-state index in [2.05, 4.69) is 6.58 Å². The second-order valence-electron chi connectivity index (χ2n) is 5.02. The number of hydrogen-bond donors (Lipinski definition) is 0. The summed E-state index contributed by atoms with van der Waals surface area (Å²) in [6.07, 6.45) is -4.17. The van der Waals surface area contributed by atoms with Crippen LogP contribution in [0.15, 0.2) is 24.8 Å². The smallest absolute Gasteiger partial charge is 0.258 e. The molecule has 0 saturated carbocycles. The molecule has 1 aromatic carbocycles. The number of halogens is 3. The summed E-state index contributed by atoms with van der Waals surface area (Å²) in [5.74, 6) is 0. The van der Waals surface area contributed by atoms with E-state index < -0.39 is 32.4 Å². The zero-order chi connectivity index (χ0) is 17.7. The van der Waals surface area contributed by atoms with Gasteiger partial charge in [0.25, 0.3) is 5.69 Å². The number of nitro groups is 1. The fraction of sp³-hybridized carbons (Fsp3) is 0.231. The summed E-state index contributed by atoms with van der Waals surface area (Å²) in [5, 5.41) is 10.9. The number of allylic oxidation sites excluding steroid dienone is 1. The van der Waals surface area contributed by atoms with Crippen molar-refractivity contribution < 1.29 is 26.5 Å². The van der Waals surface area contributed by atoms with E-state index in [1.54, 1.807) is 0 Å². The van der Waals surface area contributed by atoms with E-state index in [0.29, 0.717) is 21.7 Å². The number of nitro benzene ring substituents is 1. The topological polar surface area (TPSA) is 82.2 Å². The van der Waals surface area contributed by atoms with Gasteiger partial charge in [0, 0.05) is 11.5 Å². The third-order valence-corrected chi connectivity index (χ3v) is 4.20. The highest BCUT2D eigenvalue weighted by molar-refractivity contribution is 7.89. The molecule has 1 aromatic heterocycles. The van der Waals surface area contributed by atoms with E-state index in [-0.39, 0.29) is 16.6 Å². The quantitative estimate of drug-likeness (QED) is 0.629. The lowest BCUT2D eigenvalue weighted by atomic mass is 10.1. The summed E-state index contributed by atoms with van der Waals surface area (Å²) < 4.78 is 63.7. The standard InChI is InChI=1S/C13H11F3N2O4S/c1-7(2)10-4-8-5-12(18(19)20)9(13(14,15)16)6-11(8)17(10)23(3,21)22/h4-6H,1H2,2-3H3. The van der Waals surface area contributed by atoms with Crippen LogP contribution in [0.4, 0.5) is 18.9 Å². The average Bonchev–Trinajstić information content (AvgIpc) is 2.74. The van der Waals surface area contributed by atoms with Gasteiger partial charge in [-0.25, -0.2) is 12.4 Å². The number of hydrogen-bond acceptors (Lipinski definition) is 4. The monoisotopic (exact) mass is 348 g/mol. The molecular weight excluding hydrogens is 337 g/mol. The summed E-state index contributed by atoms with van der Waals surface area (Å²) in [6.45, 7) is 5.06. The van der Waals surface area contributed by atoms with Gasteiger partial charge in [-0.05, 0) is 24.6 Å². The maximum absolute atomic E-state index is 13.0. The second kappa shape index (κ2) is 5.08. The van der Waals surface area contributed by atoms with Crippen molar-refractivity contribution in [2.75, 3.05) is 6.26 Å². The van der Waals surface area contributed by atoms with Gasteiger partial charge in [0.2, 0.25) is 10.0 Å². The molecule has 0 N–H and O–H groups in total. The van der Waals surface area contributed by atoms with E-state index in [9.17, 15) is 31.7 Å². The van der Waals surface area contributed by atoms with Gasteiger partial charge in [-0.1, -0.05) is 6.58 Å². The summed E-state index contributed by atoms with van der Waals surface area (Å²) >= 11 is 0. The molecule has 0 radical (unpaired) electrons. The maximum Gasteiger partial charge on any atom is 0.423 e. The van der Waals surface area contributed by atoms with Gasteiger partial charge in [-0.15, -0.1) is 0 Å². The fourth-order valence-electron chi connectivity index (χ4n) is 2.25. The Balaban J connectivity index is 3.04. The minimum Gasteiger partial charge on any atom is -0.258 e. The molecule has 1 heterocycles. The lowest BCUT2D eigenvalue weighted by Gasteiger charge is -2.10. The number of aromatic nitrogens is 1. The highest BCUT2D eigenvalue weighted by Crippen LogP contribution is 2.40. The molecule has 6 nitrogen and oxygen atoms in total.